The highest BCUT2D eigenvalue weighted by atomic mass is 35.5. The first-order valence-electron chi connectivity index (χ1n) is 12.0. The zero-order valence-electron chi connectivity index (χ0n) is 21.4. The molecule has 1 aromatic heterocycles. The Hall–Kier alpha value is -3.89. The second-order valence-corrected chi connectivity index (χ2v) is 10.9. The molecule has 0 radical (unpaired) electrons. The Balaban J connectivity index is 1.91. The molecular weight excluding hydrogens is 547 g/mol. The van der Waals surface area contributed by atoms with Gasteiger partial charge < -0.3 is 14.6 Å². The van der Waals surface area contributed by atoms with Crippen LogP contribution in [0.4, 0.5) is 4.39 Å². The lowest BCUT2D eigenvalue weighted by Gasteiger charge is -2.21. The van der Waals surface area contributed by atoms with Crippen molar-refractivity contribution in [3.05, 3.63) is 87.7 Å². The van der Waals surface area contributed by atoms with E-state index in [-0.39, 0.29) is 39.3 Å². The molecule has 3 aromatic carbocycles. The van der Waals surface area contributed by atoms with Gasteiger partial charge in [0.05, 0.1) is 24.1 Å². The molecule has 0 aliphatic rings. The molecule has 0 unspecified atom stereocenters. The van der Waals surface area contributed by atoms with Crippen molar-refractivity contribution in [2.75, 3.05) is 14.2 Å². The molecule has 0 fully saturated rings. The third-order valence-corrected chi connectivity index (χ3v) is 8.26. The summed E-state index contributed by atoms with van der Waals surface area (Å²) in [7, 11) is -1.70. The van der Waals surface area contributed by atoms with Crippen LogP contribution in [0.25, 0.3) is 16.8 Å². The molecule has 1 heterocycles. The van der Waals surface area contributed by atoms with Gasteiger partial charge in [0.1, 0.15) is 28.8 Å². The van der Waals surface area contributed by atoms with Crippen LogP contribution in [0, 0.1) is 5.82 Å². The number of aromatic nitrogens is 2. The Morgan fingerprint density at radius 1 is 1.00 bits per heavy atom. The van der Waals surface area contributed by atoms with E-state index in [1.807, 2.05) is 6.92 Å². The highest BCUT2D eigenvalue weighted by Crippen LogP contribution is 2.38. The number of sulfone groups is 1. The molecule has 4 aromatic rings. The number of unbranched alkanes of at least 4 members (excludes halogenated alkanes) is 1. The smallest absolute Gasteiger partial charge is 0.296 e. The standard InChI is InChI=1S/C28H26ClFN2O6S/c1-4-5-9-24-31-27(33)26(28(34)32(24)25-22(37-2)7-6-8-23(25)38-3)39(35,36)19-13-10-17(11-14-19)18-12-15-20(29)21(30)16-18/h6-8,10-16,34H,4-5,9H2,1-3H3. The molecule has 4 rings (SSSR count). The van der Waals surface area contributed by atoms with Crippen LogP contribution < -0.4 is 15.0 Å². The van der Waals surface area contributed by atoms with Crippen LogP contribution in [-0.4, -0.2) is 37.3 Å². The highest BCUT2D eigenvalue weighted by molar-refractivity contribution is 7.91. The second-order valence-electron chi connectivity index (χ2n) is 8.59. The topological polar surface area (TPSA) is 108 Å². The number of hydrogen-bond acceptors (Lipinski definition) is 7. The van der Waals surface area contributed by atoms with Gasteiger partial charge in [0.2, 0.25) is 15.7 Å². The van der Waals surface area contributed by atoms with Gasteiger partial charge in [0.25, 0.3) is 5.56 Å². The minimum Gasteiger partial charge on any atom is -0.494 e. The van der Waals surface area contributed by atoms with Crippen molar-refractivity contribution in [3.63, 3.8) is 0 Å². The average Bonchev–Trinajstić information content (AvgIpc) is 2.93. The van der Waals surface area contributed by atoms with Gasteiger partial charge in [0.15, 0.2) is 4.90 Å². The Labute approximate surface area is 230 Å². The largest absolute Gasteiger partial charge is 0.494 e. The predicted octanol–water partition coefficient (Wildman–Crippen LogP) is 5.59. The molecule has 0 aliphatic carbocycles. The van der Waals surface area contributed by atoms with E-state index in [0.717, 1.165) is 6.42 Å². The number of para-hydroxylation sites is 1. The van der Waals surface area contributed by atoms with Crippen LogP contribution in [0.1, 0.15) is 25.6 Å². The molecule has 11 heteroatoms. The van der Waals surface area contributed by atoms with Gasteiger partial charge >= 0.3 is 0 Å². The SMILES string of the molecule is CCCCc1nc(=O)c(S(=O)(=O)c2ccc(-c3ccc(Cl)c(F)c3)cc2)c(O)n1-c1c(OC)cccc1OC. The van der Waals surface area contributed by atoms with Crippen LogP contribution in [-0.2, 0) is 16.3 Å². The van der Waals surface area contributed by atoms with E-state index in [9.17, 15) is 22.7 Å². The van der Waals surface area contributed by atoms with E-state index in [1.54, 1.807) is 24.3 Å². The highest BCUT2D eigenvalue weighted by Gasteiger charge is 2.31. The Morgan fingerprint density at radius 2 is 1.62 bits per heavy atom. The van der Waals surface area contributed by atoms with Crippen molar-refractivity contribution in [2.24, 2.45) is 0 Å². The number of benzene rings is 3. The summed E-state index contributed by atoms with van der Waals surface area (Å²) in [5.74, 6) is -0.724. The molecule has 8 nitrogen and oxygen atoms in total. The van der Waals surface area contributed by atoms with Crippen molar-refractivity contribution in [3.8, 4) is 34.2 Å². The van der Waals surface area contributed by atoms with Crippen molar-refractivity contribution < 1.29 is 27.4 Å². The third-order valence-electron chi connectivity index (χ3n) is 6.16. The summed E-state index contributed by atoms with van der Waals surface area (Å²) in [5.41, 5.74) is 0.122. The number of rotatable bonds is 9. The average molecular weight is 573 g/mol. The van der Waals surface area contributed by atoms with Gasteiger partial charge in [-0.2, -0.15) is 4.98 Å². The molecule has 0 atom stereocenters. The van der Waals surface area contributed by atoms with E-state index >= 15 is 0 Å². The van der Waals surface area contributed by atoms with Crippen molar-refractivity contribution in [2.45, 2.75) is 36.0 Å². The molecule has 0 bridgehead atoms. The minimum atomic E-state index is -4.54. The van der Waals surface area contributed by atoms with Crippen LogP contribution in [0.2, 0.25) is 5.02 Å². The van der Waals surface area contributed by atoms with Crippen LogP contribution in [0.5, 0.6) is 17.4 Å². The molecular formula is C28H26ClFN2O6S. The second kappa shape index (κ2) is 11.5. The molecule has 0 aliphatic heterocycles. The zero-order chi connectivity index (χ0) is 28.3. The fourth-order valence-electron chi connectivity index (χ4n) is 4.18. The number of ether oxygens (including phenoxy) is 2. The van der Waals surface area contributed by atoms with E-state index in [0.29, 0.717) is 17.5 Å². The summed E-state index contributed by atoms with van der Waals surface area (Å²) in [6.07, 6.45) is 1.68. The van der Waals surface area contributed by atoms with Crippen molar-refractivity contribution in [1.82, 2.24) is 9.55 Å². The molecule has 0 amide bonds. The first kappa shape index (κ1) is 28.1. The molecule has 0 spiro atoms. The third kappa shape index (κ3) is 5.35. The van der Waals surface area contributed by atoms with Crippen LogP contribution >= 0.6 is 11.6 Å². The maximum absolute atomic E-state index is 13.9. The lowest BCUT2D eigenvalue weighted by molar-refractivity contribution is 0.374. The Kier molecular flexibility index (Phi) is 8.27. The summed E-state index contributed by atoms with van der Waals surface area (Å²) >= 11 is 5.75. The minimum absolute atomic E-state index is 0.0359. The van der Waals surface area contributed by atoms with E-state index in [4.69, 9.17) is 21.1 Å². The molecule has 39 heavy (non-hydrogen) atoms. The summed E-state index contributed by atoms with van der Waals surface area (Å²) < 4.78 is 53.4. The fraction of sp³-hybridized carbons (Fsp3) is 0.214. The number of halogens is 2. The normalized spacial score (nSPS) is 11.4. The zero-order valence-corrected chi connectivity index (χ0v) is 23.0. The van der Waals surface area contributed by atoms with E-state index in [1.165, 1.54) is 55.2 Å². The van der Waals surface area contributed by atoms with Crippen LogP contribution in [0.3, 0.4) is 0 Å². The number of methoxy groups -OCH3 is 2. The monoisotopic (exact) mass is 572 g/mol. The summed E-state index contributed by atoms with van der Waals surface area (Å²) in [4.78, 5) is 16.0. The summed E-state index contributed by atoms with van der Waals surface area (Å²) in [6.45, 7) is 1.95. The van der Waals surface area contributed by atoms with E-state index < -0.39 is 32.0 Å². The molecule has 1 N–H and O–H groups in total. The quantitative estimate of drug-likeness (QED) is 0.278. The predicted molar refractivity (Wildman–Crippen MR) is 146 cm³/mol. The van der Waals surface area contributed by atoms with Gasteiger partial charge in [-0.3, -0.25) is 9.36 Å². The first-order valence-corrected chi connectivity index (χ1v) is 13.9. The Bertz CT molecular complexity index is 1670. The number of aryl methyl sites for hydroxylation is 1. The van der Waals surface area contributed by atoms with Gasteiger partial charge in [-0.25, -0.2) is 12.8 Å². The van der Waals surface area contributed by atoms with Crippen molar-refractivity contribution >= 4 is 21.4 Å². The van der Waals surface area contributed by atoms with Crippen molar-refractivity contribution in [1.29, 1.82) is 0 Å². The van der Waals surface area contributed by atoms with Gasteiger partial charge in [0, 0.05) is 6.42 Å². The number of aromatic hydroxyl groups is 1. The lowest BCUT2D eigenvalue weighted by Crippen LogP contribution is -2.25. The summed E-state index contributed by atoms with van der Waals surface area (Å²) in [5, 5.41) is 11.4. The number of hydrogen-bond donors (Lipinski definition) is 1. The molecule has 0 saturated carbocycles. The van der Waals surface area contributed by atoms with Gasteiger partial charge in [-0.05, 0) is 53.9 Å². The maximum atomic E-state index is 13.9. The van der Waals surface area contributed by atoms with Crippen LogP contribution in [0.15, 0.2) is 75.2 Å². The van der Waals surface area contributed by atoms with E-state index in [2.05, 4.69) is 4.98 Å². The summed E-state index contributed by atoms with van der Waals surface area (Å²) in [6, 6.07) is 14.6. The maximum Gasteiger partial charge on any atom is 0.296 e. The molecule has 0 saturated heterocycles. The Morgan fingerprint density at radius 3 is 2.18 bits per heavy atom. The fourth-order valence-corrected chi connectivity index (χ4v) is 5.64. The molecule has 204 valence electrons. The number of nitrogens with zero attached hydrogens (tertiary/aromatic N) is 2. The lowest BCUT2D eigenvalue weighted by atomic mass is 10.1. The van der Waals surface area contributed by atoms with Gasteiger partial charge in [-0.1, -0.05) is 49.2 Å². The first-order chi connectivity index (χ1) is 18.6. The van der Waals surface area contributed by atoms with Gasteiger partial charge in [-0.15, -0.1) is 0 Å².